The van der Waals surface area contributed by atoms with Crippen LogP contribution in [-0.2, 0) is 32.3 Å². The van der Waals surface area contributed by atoms with Gasteiger partial charge in [0.15, 0.2) is 0 Å². The Labute approximate surface area is 224 Å². The number of nitrogens with zero attached hydrogens (tertiary/aromatic N) is 2. The largest absolute Gasteiger partial charge is 0.416 e. The fraction of sp³-hybridized carbons (Fsp3) is 0.440. The highest BCUT2D eigenvalue weighted by Gasteiger charge is 2.35. The minimum Gasteiger partial charge on any atom is -0.352 e. The first-order chi connectivity index (χ1) is 17.6. The molecule has 210 valence electrons. The number of halogens is 5. The number of carbonyl (C=O) groups is 2. The number of sulfonamides is 1. The molecule has 0 aromatic heterocycles. The molecule has 0 radical (unpaired) electrons. The van der Waals surface area contributed by atoms with Crippen molar-refractivity contribution in [3.05, 3.63) is 64.4 Å². The molecule has 0 heterocycles. The molecular formula is C25H30ClF4N3O4S. The Balaban J connectivity index is 2.54. The van der Waals surface area contributed by atoms with Crippen LogP contribution in [0.15, 0.2) is 42.5 Å². The van der Waals surface area contributed by atoms with E-state index in [2.05, 4.69) is 5.32 Å². The molecule has 2 aromatic carbocycles. The molecule has 1 N–H and O–H groups in total. The summed E-state index contributed by atoms with van der Waals surface area (Å²) in [6.07, 6.45) is -3.29. The van der Waals surface area contributed by atoms with Gasteiger partial charge in [-0.15, -0.1) is 0 Å². The quantitative estimate of drug-likeness (QED) is 0.380. The van der Waals surface area contributed by atoms with Crippen LogP contribution in [0.3, 0.4) is 0 Å². The summed E-state index contributed by atoms with van der Waals surface area (Å²) >= 11 is 6.07. The van der Waals surface area contributed by atoms with Crippen molar-refractivity contribution in [2.75, 3.05) is 17.1 Å². The number of hydrogen-bond donors (Lipinski definition) is 1. The molecule has 38 heavy (non-hydrogen) atoms. The van der Waals surface area contributed by atoms with Crippen molar-refractivity contribution >= 4 is 39.1 Å². The maximum atomic E-state index is 13.6. The van der Waals surface area contributed by atoms with Gasteiger partial charge in [0.2, 0.25) is 21.8 Å². The van der Waals surface area contributed by atoms with Crippen LogP contribution >= 0.6 is 11.6 Å². The lowest BCUT2D eigenvalue weighted by Crippen LogP contribution is -2.53. The molecule has 0 fully saturated rings. The normalized spacial score (nSPS) is 13.5. The number of nitrogens with one attached hydrogen (secondary N) is 1. The highest BCUT2D eigenvalue weighted by Crippen LogP contribution is 2.36. The minimum absolute atomic E-state index is 0.151. The molecule has 13 heteroatoms. The number of anilines is 1. The van der Waals surface area contributed by atoms with Crippen molar-refractivity contribution in [2.24, 2.45) is 0 Å². The van der Waals surface area contributed by atoms with Crippen molar-refractivity contribution in [1.82, 2.24) is 10.2 Å². The van der Waals surface area contributed by atoms with E-state index in [9.17, 15) is 35.6 Å². The Kier molecular flexibility index (Phi) is 10.6. The highest BCUT2D eigenvalue weighted by atomic mass is 35.5. The number of rotatable bonds is 11. The van der Waals surface area contributed by atoms with Gasteiger partial charge in [0.05, 0.1) is 22.5 Å². The standard InChI is InChI=1S/C25H30ClF4N3O4S/c1-5-16(3)31-24(35)21(6-2)32(14-17-7-10-19(27)11-8-17)23(34)15-33(38(4,36)37)22-13-18(25(28,29)30)9-12-20(22)26/h7-13,16,21H,5-6,14-15H2,1-4H3,(H,31,35)/t16-,21-/m1/s1. The van der Waals surface area contributed by atoms with Crippen molar-refractivity contribution in [3.8, 4) is 0 Å². The fourth-order valence-electron chi connectivity index (χ4n) is 3.62. The van der Waals surface area contributed by atoms with Gasteiger partial charge in [0, 0.05) is 12.6 Å². The van der Waals surface area contributed by atoms with E-state index >= 15 is 0 Å². The predicted molar refractivity (Wildman–Crippen MR) is 138 cm³/mol. The third-order valence-electron chi connectivity index (χ3n) is 5.87. The van der Waals surface area contributed by atoms with E-state index in [1.807, 2.05) is 6.92 Å². The van der Waals surface area contributed by atoms with Crippen LogP contribution in [0.25, 0.3) is 0 Å². The van der Waals surface area contributed by atoms with Gasteiger partial charge in [-0.25, -0.2) is 12.8 Å². The molecule has 2 atom stereocenters. The SMILES string of the molecule is CC[C@@H](C)NC(=O)[C@@H](CC)N(Cc1ccc(F)cc1)C(=O)CN(c1cc(C(F)(F)F)ccc1Cl)S(C)(=O)=O. The number of hydrogen-bond acceptors (Lipinski definition) is 4. The molecule has 0 saturated heterocycles. The van der Waals surface area contributed by atoms with E-state index in [1.54, 1.807) is 13.8 Å². The third-order valence-corrected chi connectivity index (χ3v) is 7.32. The number of alkyl halides is 3. The van der Waals surface area contributed by atoms with E-state index in [1.165, 1.54) is 24.3 Å². The van der Waals surface area contributed by atoms with Crippen molar-refractivity contribution in [2.45, 2.75) is 58.4 Å². The van der Waals surface area contributed by atoms with Gasteiger partial charge in [-0.1, -0.05) is 37.6 Å². The minimum atomic E-state index is -4.79. The molecule has 0 aliphatic rings. The summed E-state index contributed by atoms with van der Waals surface area (Å²) in [6, 6.07) is 6.05. The summed E-state index contributed by atoms with van der Waals surface area (Å²) in [5.74, 6) is -1.87. The van der Waals surface area contributed by atoms with Crippen LogP contribution in [-0.4, -0.2) is 50.0 Å². The Morgan fingerprint density at radius 3 is 2.16 bits per heavy atom. The van der Waals surface area contributed by atoms with Crippen molar-refractivity contribution in [1.29, 1.82) is 0 Å². The Hall–Kier alpha value is -2.86. The van der Waals surface area contributed by atoms with Crippen molar-refractivity contribution in [3.63, 3.8) is 0 Å². The summed E-state index contributed by atoms with van der Waals surface area (Å²) in [5.41, 5.74) is -1.23. The zero-order valence-electron chi connectivity index (χ0n) is 21.4. The monoisotopic (exact) mass is 579 g/mol. The smallest absolute Gasteiger partial charge is 0.352 e. The van der Waals surface area contributed by atoms with Gasteiger partial charge in [0.25, 0.3) is 0 Å². The summed E-state index contributed by atoms with van der Waals surface area (Å²) in [4.78, 5) is 27.8. The van der Waals surface area contributed by atoms with Gasteiger partial charge in [-0.3, -0.25) is 13.9 Å². The summed E-state index contributed by atoms with van der Waals surface area (Å²) in [5, 5.41) is 2.47. The first kappa shape index (κ1) is 31.4. The van der Waals surface area contributed by atoms with Crippen LogP contribution in [0.5, 0.6) is 0 Å². The lowest BCUT2D eigenvalue weighted by atomic mass is 10.1. The molecule has 2 aromatic rings. The maximum Gasteiger partial charge on any atom is 0.416 e. The summed E-state index contributed by atoms with van der Waals surface area (Å²) < 4.78 is 79.2. The zero-order valence-corrected chi connectivity index (χ0v) is 22.9. The Bertz CT molecular complexity index is 1240. The second-order valence-electron chi connectivity index (χ2n) is 8.82. The number of benzene rings is 2. The van der Waals surface area contributed by atoms with E-state index < -0.39 is 57.7 Å². The molecule has 0 aliphatic carbocycles. The highest BCUT2D eigenvalue weighted by molar-refractivity contribution is 7.92. The second kappa shape index (κ2) is 12.8. The van der Waals surface area contributed by atoms with Crippen LogP contribution in [0, 0.1) is 5.82 Å². The van der Waals surface area contributed by atoms with Gasteiger partial charge in [-0.05, 0) is 55.7 Å². The van der Waals surface area contributed by atoms with E-state index in [0.717, 1.165) is 17.2 Å². The van der Waals surface area contributed by atoms with Gasteiger partial charge < -0.3 is 10.2 Å². The molecule has 0 saturated carbocycles. The average molecular weight is 580 g/mol. The average Bonchev–Trinajstić information content (AvgIpc) is 2.82. The molecule has 2 amide bonds. The first-order valence-electron chi connectivity index (χ1n) is 11.8. The second-order valence-corrected chi connectivity index (χ2v) is 11.1. The van der Waals surface area contributed by atoms with E-state index in [0.29, 0.717) is 28.4 Å². The van der Waals surface area contributed by atoms with Gasteiger partial charge in [-0.2, -0.15) is 13.2 Å². The molecule has 2 rings (SSSR count). The van der Waals surface area contributed by atoms with Gasteiger partial charge in [0.1, 0.15) is 18.4 Å². The van der Waals surface area contributed by atoms with Crippen LogP contribution in [0.4, 0.5) is 23.2 Å². The van der Waals surface area contributed by atoms with Gasteiger partial charge >= 0.3 is 6.18 Å². The Morgan fingerprint density at radius 1 is 1.05 bits per heavy atom. The first-order valence-corrected chi connectivity index (χ1v) is 14.0. The Morgan fingerprint density at radius 2 is 1.66 bits per heavy atom. The summed E-state index contributed by atoms with van der Waals surface area (Å²) in [7, 11) is -4.30. The lowest BCUT2D eigenvalue weighted by Gasteiger charge is -2.33. The molecule has 0 unspecified atom stereocenters. The van der Waals surface area contributed by atoms with Crippen LogP contribution < -0.4 is 9.62 Å². The fourth-order valence-corrected chi connectivity index (χ4v) is 4.74. The lowest BCUT2D eigenvalue weighted by molar-refractivity contribution is -0.140. The molecule has 0 bridgehead atoms. The molecular weight excluding hydrogens is 550 g/mol. The topological polar surface area (TPSA) is 86.8 Å². The number of amides is 2. The molecule has 0 spiro atoms. The predicted octanol–water partition coefficient (Wildman–Crippen LogP) is 4.99. The maximum absolute atomic E-state index is 13.6. The van der Waals surface area contributed by atoms with Crippen LogP contribution in [0.1, 0.15) is 44.7 Å². The van der Waals surface area contributed by atoms with E-state index in [-0.39, 0.29) is 24.0 Å². The third kappa shape index (κ3) is 8.32. The molecule has 0 aliphatic heterocycles. The van der Waals surface area contributed by atoms with Crippen molar-refractivity contribution < 1.29 is 35.6 Å². The number of carbonyl (C=O) groups excluding carboxylic acids is 2. The summed E-state index contributed by atoms with van der Waals surface area (Å²) in [6.45, 7) is 4.19. The van der Waals surface area contributed by atoms with Crippen LogP contribution in [0.2, 0.25) is 5.02 Å². The van der Waals surface area contributed by atoms with E-state index in [4.69, 9.17) is 11.6 Å². The molecule has 7 nitrogen and oxygen atoms in total. The zero-order chi connectivity index (χ0) is 28.8.